The second-order valence-corrected chi connectivity index (χ2v) is 8.28. The Labute approximate surface area is 192 Å². The first-order valence-corrected chi connectivity index (χ1v) is 10.3. The summed E-state index contributed by atoms with van der Waals surface area (Å²) < 4.78 is 14.0. The number of rotatable bonds is 5. The summed E-state index contributed by atoms with van der Waals surface area (Å²) in [4.78, 5) is 14.5. The van der Waals surface area contributed by atoms with Gasteiger partial charge in [0.1, 0.15) is 5.82 Å². The maximum atomic E-state index is 14.0. The van der Waals surface area contributed by atoms with Gasteiger partial charge >= 0.3 is 0 Å². The van der Waals surface area contributed by atoms with Crippen molar-refractivity contribution in [3.8, 4) is 0 Å². The Hall–Kier alpha value is -0.970. The van der Waals surface area contributed by atoms with Gasteiger partial charge in [0.15, 0.2) is 5.96 Å². The van der Waals surface area contributed by atoms with Crippen molar-refractivity contribution in [2.45, 2.75) is 19.9 Å². The number of guanidine groups is 1. The van der Waals surface area contributed by atoms with Crippen LogP contribution in [0.1, 0.15) is 15.4 Å². The van der Waals surface area contributed by atoms with Gasteiger partial charge in [0, 0.05) is 74.4 Å². The van der Waals surface area contributed by atoms with Crippen molar-refractivity contribution in [3.63, 3.8) is 0 Å². The molecule has 0 spiro atoms. The number of hydrogen-bond donors (Lipinski definition) is 1. The lowest BCUT2D eigenvalue weighted by Crippen LogP contribution is -2.52. The maximum Gasteiger partial charge on any atom is 0.193 e. The molecule has 1 saturated heterocycles. The Bertz CT molecular complexity index is 772. The van der Waals surface area contributed by atoms with Crippen molar-refractivity contribution < 1.29 is 4.39 Å². The predicted molar refractivity (Wildman–Crippen MR) is 126 cm³/mol. The number of benzene rings is 1. The third-order valence-electron chi connectivity index (χ3n) is 4.62. The van der Waals surface area contributed by atoms with E-state index in [-0.39, 0.29) is 29.8 Å². The molecule has 1 aromatic carbocycles. The van der Waals surface area contributed by atoms with Gasteiger partial charge in [-0.15, -0.1) is 35.3 Å². The lowest BCUT2D eigenvalue weighted by molar-refractivity contribution is 0.171. The van der Waals surface area contributed by atoms with E-state index in [1.165, 1.54) is 10.9 Å². The molecule has 154 valence electrons. The zero-order chi connectivity index (χ0) is 19.2. The van der Waals surface area contributed by atoms with Crippen LogP contribution in [0, 0.1) is 12.7 Å². The van der Waals surface area contributed by atoms with Crippen LogP contribution in [0.5, 0.6) is 0 Å². The van der Waals surface area contributed by atoms with Gasteiger partial charge in [0.2, 0.25) is 0 Å². The Balaban J connectivity index is 0.00000280. The van der Waals surface area contributed by atoms with Gasteiger partial charge in [-0.05, 0) is 19.1 Å². The van der Waals surface area contributed by atoms with Crippen molar-refractivity contribution >= 4 is 52.9 Å². The smallest absolute Gasteiger partial charge is 0.193 e. The van der Waals surface area contributed by atoms with Crippen LogP contribution in [-0.4, -0.2) is 60.5 Å². The zero-order valence-corrected chi connectivity index (χ0v) is 20.0. The summed E-state index contributed by atoms with van der Waals surface area (Å²) in [7, 11) is 1.81. The minimum Gasteiger partial charge on any atom is -0.356 e. The van der Waals surface area contributed by atoms with E-state index in [0.717, 1.165) is 50.1 Å². The molecular formula is C19H26ClFIN5S. The summed E-state index contributed by atoms with van der Waals surface area (Å²) in [6.45, 7) is 6.80. The number of aliphatic imine (C=N–C) groups is 1. The van der Waals surface area contributed by atoms with Crippen LogP contribution < -0.4 is 5.32 Å². The lowest BCUT2D eigenvalue weighted by atomic mass is 10.2. The van der Waals surface area contributed by atoms with E-state index in [1.54, 1.807) is 30.5 Å². The zero-order valence-electron chi connectivity index (χ0n) is 16.1. The van der Waals surface area contributed by atoms with E-state index in [9.17, 15) is 4.39 Å². The van der Waals surface area contributed by atoms with Crippen LogP contribution in [0.4, 0.5) is 4.39 Å². The van der Waals surface area contributed by atoms with Gasteiger partial charge < -0.3 is 10.2 Å². The highest BCUT2D eigenvalue weighted by Gasteiger charge is 2.21. The summed E-state index contributed by atoms with van der Waals surface area (Å²) in [6, 6.07) is 4.85. The summed E-state index contributed by atoms with van der Waals surface area (Å²) in [5.41, 5.74) is 0.578. The average Bonchev–Trinajstić information content (AvgIpc) is 3.08. The molecule has 0 radical (unpaired) electrons. The number of nitrogens with one attached hydrogen (secondary N) is 1. The SMILES string of the molecule is CN=C(NCCc1ncc(C)s1)N1CCN(Cc2c(F)cccc2Cl)CC1.I. The highest BCUT2D eigenvalue weighted by Crippen LogP contribution is 2.21. The predicted octanol–water partition coefficient (Wildman–Crippen LogP) is 3.80. The summed E-state index contributed by atoms with van der Waals surface area (Å²) >= 11 is 7.88. The Morgan fingerprint density at radius 1 is 1.32 bits per heavy atom. The first-order valence-electron chi connectivity index (χ1n) is 9.09. The van der Waals surface area contributed by atoms with Gasteiger partial charge in [-0.1, -0.05) is 17.7 Å². The van der Waals surface area contributed by atoms with Crippen LogP contribution >= 0.6 is 46.9 Å². The molecule has 0 atom stereocenters. The standard InChI is InChI=1S/C19H25ClFN5S.HI/c1-14-12-24-18(27-14)6-7-23-19(22-2)26-10-8-25(9-11-26)13-15-16(20)4-3-5-17(15)21;/h3-5,12H,6-11,13H2,1-2H3,(H,22,23);1H. The largest absolute Gasteiger partial charge is 0.356 e. The third-order valence-corrected chi connectivity index (χ3v) is 5.94. The molecule has 1 N–H and O–H groups in total. The lowest BCUT2D eigenvalue weighted by Gasteiger charge is -2.36. The second-order valence-electron chi connectivity index (χ2n) is 6.55. The molecule has 5 nitrogen and oxygen atoms in total. The molecule has 2 aromatic rings. The number of thiazole rings is 1. The van der Waals surface area contributed by atoms with E-state index in [2.05, 4.69) is 32.0 Å². The molecule has 0 saturated carbocycles. The molecule has 1 fully saturated rings. The number of nitrogens with zero attached hydrogens (tertiary/aromatic N) is 4. The van der Waals surface area contributed by atoms with Crippen molar-refractivity contribution in [2.75, 3.05) is 39.8 Å². The van der Waals surface area contributed by atoms with E-state index < -0.39 is 0 Å². The molecule has 28 heavy (non-hydrogen) atoms. The van der Waals surface area contributed by atoms with Crippen LogP contribution in [0.15, 0.2) is 29.4 Å². The number of aromatic nitrogens is 1. The van der Waals surface area contributed by atoms with Crippen molar-refractivity contribution in [1.82, 2.24) is 20.1 Å². The molecule has 1 aliphatic heterocycles. The Morgan fingerprint density at radius 2 is 2.07 bits per heavy atom. The van der Waals surface area contributed by atoms with Gasteiger partial charge in [0.25, 0.3) is 0 Å². The maximum absolute atomic E-state index is 14.0. The van der Waals surface area contributed by atoms with E-state index in [0.29, 0.717) is 17.1 Å². The average molecular weight is 538 g/mol. The monoisotopic (exact) mass is 537 g/mol. The quantitative estimate of drug-likeness (QED) is 0.358. The van der Waals surface area contributed by atoms with Gasteiger partial charge in [-0.25, -0.2) is 9.37 Å². The first-order chi connectivity index (χ1) is 13.1. The Kier molecular flexibility index (Phi) is 9.39. The van der Waals surface area contributed by atoms with Gasteiger partial charge in [0.05, 0.1) is 5.01 Å². The van der Waals surface area contributed by atoms with Gasteiger partial charge in [-0.2, -0.15) is 0 Å². The molecule has 0 unspecified atom stereocenters. The topological polar surface area (TPSA) is 43.8 Å². The molecule has 1 aliphatic rings. The van der Waals surface area contributed by atoms with E-state index >= 15 is 0 Å². The molecule has 3 rings (SSSR count). The molecule has 2 heterocycles. The second kappa shape index (κ2) is 11.3. The van der Waals surface area contributed by atoms with Crippen LogP contribution in [-0.2, 0) is 13.0 Å². The van der Waals surface area contributed by atoms with Gasteiger partial charge in [-0.3, -0.25) is 9.89 Å². The molecular weight excluding hydrogens is 512 g/mol. The molecule has 0 amide bonds. The minimum atomic E-state index is -0.236. The van der Waals surface area contributed by atoms with E-state index in [1.807, 2.05) is 6.20 Å². The highest BCUT2D eigenvalue weighted by molar-refractivity contribution is 14.0. The number of piperazine rings is 1. The van der Waals surface area contributed by atoms with Crippen LogP contribution in [0.25, 0.3) is 0 Å². The van der Waals surface area contributed by atoms with Crippen LogP contribution in [0.2, 0.25) is 5.02 Å². The number of aryl methyl sites for hydroxylation is 1. The Morgan fingerprint density at radius 3 is 2.68 bits per heavy atom. The fourth-order valence-electron chi connectivity index (χ4n) is 3.16. The molecule has 1 aromatic heterocycles. The molecule has 9 heteroatoms. The summed E-state index contributed by atoms with van der Waals surface area (Å²) in [5, 5.41) is 5.06. The normalized spacial score (nSPS) is 15.4. The fourth-order valence-corrected chi connectivity index (χ4v) is 4.16. The number of hydrogen-bond acceptors (Lipinski definition) is 4. The van der Waals surface area contributed by atoms with Crippen molar-refractivity contribution in [3.05, 3.63) is 50.7 Å². The fraction of sp³-hybridized carbons (Fsp3) is 0.474. The molecule has 0 aliphatic carbocycles. The first kappa shape index (κ1) is 23.3. The highest BCUT2D eigenvalue weighted by atomic mass is 127. The van der Waals surface area contributed by atoms with Crippen molar-refractivity contribution in [2.24, 2.45) is 4.99 Å². The van der Waals surface area contributed by atoms with E-state index in [4.69, 9.17) is 11.6 Å². The number of halogens is 3. The van der Waals surface area contributed by atoms with Crippen LogP contribution in [0.3, 0.4) is 0 Å². The summed E-state index contributed by atoms with van der Waals surface area (Å²) in [6.07, 6.45) is 2.80. The minimum absolute atomic E-state index is 0. The van der Waals surface area contributed by atoms with Crippen molar-refractivity contribution in [1.29, 1.82) is 0 Å². The summed E-state index contributed by atoms with van der Waals surface area (Å²) in [5.74, 6) is 0.673. The molecule has 0 bridgehead atoms. The third kappa shape index (κ3) is 6.27.